The molecule has 0 aliphatic rings. The molecule has 0 unspecified atom stereocenters. The number of aryl methyl sites for hydroxylation is 1. The Balaban J connectivity index is 0.000000226. The van der Waals surface area contributed by atoms with Gasteiger partial charge in [0.25, 0.3) is 0 Å². The highest BCUT2D eigenvalue weighted by Gasteiger charge is 1.79. The summed E-state index contributed by atoms with van der Waals surface area (Å²) in [4.78, 5) is 2.18. The lowest BCUT2D eigenvalue weighted by atomic mass is 10.2. The molecule has 0 N–H and O–H groups in total. The molecule has 0 aliphatic heterocycles. The molecular formula is C12H21N. The summed E-state index contributed by atoms with van der Waals surface area (Å²) in [6.07, 6.45) is 1.26. The van der Waals surface area contributed by atoms with Crippen LogP contribution in [0.3, 0.4) is 0 Å². The second-order valence-electron chi connectivity index (χ2n) is 3.46. The molecule has 1 aromatic carbocycles. The lowest BCUT2D eigenvalue weighted by Crippen LogP contribution is -2.11. The third kappa shape index (κ3) is 9.09. The highest BCUT2D eigenvalue weighted by Crippen LogP contribution is 1.92. The van der Waals surface area contributed by atoms with E-state index >= 15 is 0 Å². The second-order valence-corrected chi connectivity index (χ2v) is 3.46. The Morgan fingerprint density at radius 3 is 1.77 bits per heavy atom. The lowest BCUT2D eigenvalue weighted by molar-refractivity contribution is 0.408. The minimum Gasteiger partial charge on any atom is -0.309 e. The van der Waals surface area contributed by atoms with Gasteiger partial charge in [-0.25, -0.2) is 0 Å². The average Bonchev–Trinajstić information content (AvgIpc) is 2.06. The van der Waals surface area contributed by atoms with Crippen LogP contribution in [0, 0.1) is 6.92 Å². The summed E-state index contributed by atoms with van der Waals surface area (Å²) in [5, 5.41) is 0. The van der Waals surface area contributed by atoms with Crippen LogP contribution in [0.4, 0.5) is 0 Å². The van der Waals surface area contributed by atoms with Crippen LogP contribution in [0.5, 0.6) is 0 Å². The smallest absolute Gasteiger partial charge is 0.00275 e. The van der Waals surface area contributed by atoms with Crippen molar-refractivity contribution >= 4 is 0 Å². The van der Waals surface area contributed by atoms with Gasteiger partial charge in [0.15, 0.2) is 0 Å². The van der Waals surface area contributed by atoms with Gasteiger partial charge in [-0.2, -0.15) is 0 Å². The summed E-state index contributed by atoms with van der Waals surface area (Å²) in [7, 11) is 4.17. The molecule has 0 saturated carbocycles. The molecule has 0 heterocycles. The zero-order valence-electron chi connectivity index (χ0n) is 9.25. The molecule has 74 valence electrons. The van der Waals surface area contributed by atoms with E-state index in [1.54, 1.807) is 0 Å². The van der Waals surface area contributed by atoms with Crippen molar-refractivity contribution in [3.05, 3.63) is 35.9 Å². The summed E-state index contributed by atoms with van der Waals surface area (Å²) in [6, 6.07) is 10.3. The third-order valence-electron chi connectivity index (χ3n) is 1.61. The monoisotopic (exact) mass is 179 g/mol. The van der Waals surface area contributed by atoms with E-state index in [2.05, 4.69) is 45.0 Å². The normalized spacial score (nSPS) is 9.31. The fraction of sp³-hybridized carbons (Fsp3) is 0.500. The summed E-state index contributed by atoms with van der Waals surface area (Å²) in [5.74, 6) is 0. The molecule has 1 aromatic rings. The van der Waals surface area contributed by atoms with E-state index in [1.807, 2.05) is 18.2 Å². The van der Waals surface area contributed by atoms with Gasteiger partial charge in [0.05, 0.1) is 0 Å². The predicted octanol–water partition coefficient (Wildman–Crippen LogP) is 2.95. The van der Waals surface area contributed by atoms with Gasteiger partial charge in [-0.15, -0.1) is 0 Å². The molecule has 1 nitrogen and oxygen atoms in total. The van der Waals surface area contributed by atoms with Crippen molar-refractivity contribution in [3.8, 4) is 0 Å². The number of rotatable bonds is 2. The van der Waals surface area contributed by atoms with E-state index in [0.29, 0.717) is 0 Å². The quantitative estimate of drug-likeness (QED) is 0.674. The van der Waals surface area contributed by atoms with E-state index < -0.39 is 0 Å². The highest BCUT2D eigenvalue weighted by molar-refractivity contribution is 5.11. The van der Waals surface area contributed by atoms with Gasteiger partial charge < -0.3 is 4.90 Å². The summed E-state index contributed by atoms with van der Waals surface area (Å²) in [6.45, 7) is 5.47. The fourth-order valence-electron chi connectivity index (χ4n) is 0.982. The SMILES string of the molecule is CCCN(C)C.Cc1ccccc1. The molecule has 0 fully saturated rings. The van der Waals surface area contributed by atoms with Crippen molar-refractivity contribution in [1.29, 1.82) is 0 Å². The third-order valence-corrected chi connectivity index (χ3v) is 1.61. The van der Waals surface area contributed by atoms with Crippen molar-refractivity contribution in [2.45, 2.75) is 20.3 Å². The van der Waals surface area contributed by atoms with Crippen molar-refractivity contribution in [1.82, 2.24) is 4.90 Å². The molecule has 0 atom stereocenters. The number of hydrogen-bond donors (Lipinski definition) is 0. The lowest BCUT2D eigenvalue weighted by Gasteiger charge is -2.03. The van der Waals surface area contributed by atoms with Crippen LogP contribution < -0.4 is 0 Å². The van der Waals surface area contributed by atoms with E-state index in [9.17, 15) is 0 Å². The predicted molar refractivity (Wildman–Crippen MR) is 60.0 cm³/mol. The summed E-state index contributed by atoms with van der Waals surface area (Å²) in [5.41, 5.74) is 1.32. The van der Waals surface area contributed by atoms with Crippen LogP contribution in [0.25, 0.3) is 0 Å². The van der Waals surface area contributed by atoms with E-state index in [-0.39, 0.29) is 0 Å². The Labute approximate surface area is 82.4 Å². The Kier molecular flexibility index (Phi) is 7.32. The Hall–Kier alpha value is -0.820. The minimum absolute atomic E-state index is 1.21. The second kappa shape index (κ2) is 7.81. The van der Waals surface area contributed by atoms with Gasteiger partial charge in [-0.05, 0) is 34.0 Å². The van der Waals surface area contributed by atoms with Gasteiger partial charge in [0, 0.05) is 0 Å². The maximum Gasteiger partial charge on any atom is -0.00275 e. The first kappa shape index (κ1) is 12.2. The molecular weight excluding hydrogens is 158 g/mol. The minimum atomic E-state index is 1.21. The van der Waals surface area contributed by atoms with Crippen LogP contribution in [0.1, 0.15) is 18.9 Å². The molecule has 0 radical (unpaired) electrons. The first-order chi connectivity index (χ1) is 6.16. The fourth-order valence-corrected chi connectivity index (χ4v) is 0.982. The zero-order valence-corrected chi connectivity index (χ0v) is 9.25. The van der Waals surface area contributed by atoms with E-state index in [0.717, 1.165) is 0 Å². The van der Waals surface area contributed by atoms with Crippen LogP contribution in [-0.4, -0.2) is 25.5 Å². The Bertz CT molecular complexity index is 192. The van der Waals surface area contributed by atoms with Gasteiger partial charge >= 0.3 is 0 Å². The number of hydrogen-bond acceptors (Lipinski definition) is 1. The molecule has 13 heavy (non-hydrogen) atoms. The Morgan fingerprint density at radius 2 is 1.62 bits per heavy atom. The average molecular weight is 179 g/mol. The zero-order chi connectivity index (χ0) is 10.1. The molecule has 0 saturated heterocycles. The van der Waals surface area contributed by atoms with Crippen molar-refractivity contribution in [2.75, 3.05) is 20.6 Å². The molecule has 0 spiro atoms. The van der Waals surface area contributed by atoms with Crippen molar-refractivity contribution < 1.29 is 0 Å². The summed E-state index contributed by atoms with van der Waals surface area (Å²) < 4.78 is 0. The maximum absolute atomic E-state index is 2.18. The molecule has 1 heteroatoms. The highest BCUT2D eigenvalue weighted by atomic mass is 15.0. The molecule has 0 amide bonds. The molecule has 1 rings (SSSR count). The van der Waals surface area contributed by atoms with Crippen molar-refractivity contribution in [2.24, 2.45) is 0 Å². The molecule has 0 aliphatic carbocycles. The largest absolute Gasteiger partial charge is 0.309 e. The number of benzene rings is 1. The van der Waals surface area contributed by atoms with Gasteiger partial charge in [-0.3, -0.25) is 0 Å². The van der Waals surface area contributed by atoms with Crippen LogP contribution in [0.15, 0.2) is 30.3 Å². The standard InChI is InChI=1S/C7H8.C5H13N/c1-7-5-3-2-4-6-7;1-4-5-6(2)3/h2-6H,1H3;4-5H2,1-3H3. The topological polar surface area (TPSA) is 3.24 Å². The maximum atomic E-state index is 2.18. The van der Waals surface area contributed by atoms with Gasteiger partial charge in [0.1, 0.15) is 0 Å². The van der Waals surface area contributed by atoms with E-state index in [4.69, 9.17) is 0 Å². The van der Waals surface area contributed by atoms with Gasteiger partial charge in [0.2, 0.25) is 0 Å². The first-order valence-corrected chi connectivity index (χ1v) is 4.83. The Morgan fingerprint density at radius 1 is 1.08 bits per heavy atom. The van der Waals surface area contributed by atoms with Gasteiger partial charge in [-0.1, -0.05) is 42.8 Å². The van der Waals surface area contributed by atoms with Crippen LogP contribution >= 0.6 is 0 Å². The summed E-state index contributed by atoms with van der Waals surface area (Å²) >= 11 is 0. The van der Waals surface area contributed by atoms with Crippen LogP contribution in [-0.2, 0) is 0 Å². The molecule has 0 aromatic heterocycles. The van der Waals surface area contributed by atoms with Crippen molar-refractivity contribution in [3.63, 3.8) is 0 Å². The van der Waals surface area contributed by atoms with Crippen LogP contribution in [0.2, 0.25) is 0 Å². The first-order valence-electron chi connectivity index (χ1n) is 4.83. The number of nitrogens with zero attached hydrogens (tertiary/aromatic N) is 1. The van der Waals surface area contributed by atoms with E-state index in [1.165, 1.54) is 18.5 Å². The molecule has 0 bridgehead atoms.